The summed E-state index contributed by atoms with van der Waals surface area (Å²) in [5, 5.41) is 6.02. The summed E-state index contributed by atoms with van der Waals surface area (Å²) in [7, 11) is 1.31. The van der Waals surface area contributed by atoms with Crippen molar-refractivity contribution in [3.63, 3.8) is 0 Å². The molecule has 2 heterocycles. The predicted octanol–water partition coefficient (Wildman–Crippen LogP) is 4.21. The maximum Gasteiger partial charge on any atom is 0.413 e. The molecule has 144 valence electrons. The molecule has 0 atom stereocenters. The van der Waals surface area contributed by atoms with Crippen LogP contribution in [-0.4, -0.2) is 35.7 Å². The zero-order chi connectivity index (χ0) is 19.6. The summed E-state index contributed by atoms with van der Waals surface area (Å²) >= 11 is 1.37. The molecule has 0 saturated heterocycles. The van der Waals surface area contributed by atoms with Crippen molar-refractivity contribution in [1.29, 1.82) is 0 Å². The van der Waals surface area contributed by atoms with E-state index in [4.69, 9.17) is 0 Å². The van der Waals surface area contributed by atoms with E-state index in [2.05, 4.69) is 41.1 Å². The number of nitrogens with zero attached hydrogens (tertiary/aromatic N) is 2. The molecule has 2 N–H and O–H groups in total. The van der Waals surface area contributed by atoms with Gasteiger partial charge < -0.3 is 15.0 Å². The van der Waals surface area contributed by atoms with E-state index in [9.17, 15) is 9.59 Å². The smallest absolute Gasteiger partial charge is 0.413 e. The van der Waals surface area contributed by atoms with Crippen molar-refractivity contribution >= 4 is 34.3 Å². The second-order valence-corrected chi connectivity index (χ2v) is 8.52. The molecule has 3 amide bonds. The summed E-state index contributed by atoms with van der Waals surface area (Å²) in [5.41, 5.74) is 2.99. The Bertz CT molecular complexity index is 840. The summed E-state index contributed by atoms with van der Waals surface area (Å²) in [4.78, 5) is 31.0. The van der Waals surface area contributed by atoms with Gasteiger partial charge in [0.2, 0.25) is 0 Å². The van der Waals surface area contributed by atoms with Crippen LogP contribution in [0.4, 0.5) is 20.4 Å². The third kappa shape index (κ3) is 4.57. The van der Waals surface area contributed by atoms with Crippen molar-refractivity contribution in [2.24, 2.45) is 0 Å². The summed E-state index contributed by atoms with van der Waals surface area (Å²) in [5.74, 6) is 0. The molecule has 1 aliphatic heterocycles. The maximum absolute atomic E-state index is 12.6. The van der Waals surface area contributed by atoms with Crippen molar-refractivity contribution < 1.29 is 14.3 Å². The molecule has 2 aromatic rings. The molecule has 0 bridgehead atoms. The molecule has 0 radical (unpaired) electrons. The van der Waals surface area contributed by atoms with Crippen molar-refractivity contribution in [3.8, 4) is 0 Å². The van der Waals surface area contributed by atoms with E-state index < -0.39 is 6.09 Å². The Balaban J connectivity index is 1.63. The van der Waals surface area contributed by atoms with Crippen LogP contribution in [0.5, 0.6) is 0 Å². The Kier molecular flexibility index (Phi) is 5.36. The fraction of sp³-hybridized carbons (Fsp3) is 0.421. The number of amides is 3. The predicted molar refractivity (Wildman–Crippen MR) is 106 cm³/mol. The molecular formula is C19H24N4O3S. The lowest BCUT2D eigenvalue weighted by Crippen LogP contribution is -2.38. The molecule has 1 aromatic heterocycles. The number of anilines is 2. The Morgan fingerprint density at radius 2 is 1.89 bits per heavy atom. The monoisotopic (exact) mass is 388 g/mol. The number of benzene rings is 1. The third-order valence-electron chi connectivity index (χ3n) is 4.42. The van der Waals surface area contributed by atoms with Crippen molar-refractivity contribution in [2.45, 2.75) is 39.2 Å². The highest BCUT2D eigenvalue weighted by Gasteiger charge is 2.25. The van der Waals surface area contributed by atoms with E-state index in [1.165, 1.54) is 24.0 Å². The normalized spacial score (nSPS) is 13.7. The molecule has 0 unspecified atom stereocenters. The fourth-order valence-corrected chi connectivity index (χ4v) is 3.83. The maximum atomic E-state index is 12.6. The number of hydrogen-bond donors (Lipinski definition) is 2. The molecule has 1 aromatic carbocycles. The molecule has 8 heteroatoms. The number of hydrogen-bond acceptors (Lipinski definition) is 5. The van der Waals surface area contributed by atoms with Gasteiger partial charge in [-0.15, -0.1) is 0 Å². The van der Waals surface area contributed by atoms with Gasteiger partial charge in [0.1, 0.15) is 0 Å². The Morgan fingerprint density at radius 1 is 1.19 bits per heavy atom. The van der Waals surface area contributed by atoms with Gasteiger partial charge in [-0.05, 0) is 23.1 Å². The van der Waals surface area contributed by atoms with E-state index in [1.54, 1.807) is 4.90 Å². The number of aromatic nitrogens is 1. The summed E-state index contributed by atoms with van der Waals surface area (Å²) in [6.07, 6.45) is 0.111. The lowest BCUT2D eigenvalue weighted by atomic mass is 9.87. The molecule has 3 rings (SSSR count). The van der Waals surface area contributed by atoms with Gasteiger partial charge in [-0.1, -0.05) is 44.2 Å². The molecular weight excluding hydrogens is 364 g/mol. The molecule has 27 heavy (non-hydrogen) atoms. The highest BCUT2D eigenvalue weighted by molar-refractivity contribution is 7.15. The molecule has 0 spiro atoms. The largest absolute Gasteiger partial charge is 0.453 e. The number of thiazole rings is 1. The molecule has 0 fully saturated rings. The standard InChI is InChI=1S/C19H24N4O3S/c1-19(2,3)12-5-7-13(8-6-12)20-17(24)23-10-9-14-15(11-23)27-16(21-14)22-18(25)26-4/h5-8H,9-11H2,1-4H3,(H,20,24)(H,21,22,25). The van der Waals surface area contributed by atoms with E-state index in [1.807, 2.05) is 24.3 Å². The average Bonchev–Trinajstić information content (AvgIpc) is 3.02. The third-order valence-corrected chi connectivity index (χ3v) is 5.41. The number of rotatable bonds is 2. The first-order valence-electron chi connectivity index (χ1n) is 8.76. The van der Waals surface area contributed by atoms with E-state index in [-0.39, 0.29) is 11.4 Å². The Labute approximate surface area is 162 Å². The number of fused-ring (bicyclic) bond motifs is 1. The van der Waals surface area contributed by atoms with Gasteiger partial charge in [0.15, 0.2) is 5.13 Å². The highest BCUT2D eigenvalue weighted by atomic mass is 32.1. The molecule has 0 saturated carbocycles. The number of nitrogens with one attached hydrogen (secondary N) is 2. The zero-order valence-electron chi connectivity index (χ0n) is 16.0. The average molecular weight is 388 g/mol. The first kappa shape index (κ1) is 19.2. The first-order chi connectivity index (χ1) is 12.8. The summed E-state index contributed by atoms with van der Waals surface area (Å²) in [6.45, 7) is 7.53. The molecule has 0 aliphatic carbocycles. The second-order valence-electron chi connectivity index (χ2n) is 7.43. The fourth-order valence-electron chi connectivity index (χ4n) is 2.82. The number of carbonyl (C=O) groups is 2. The number of urea groups is 1. The van der Waals surface area contributed by atoms with E-state index in [0.717, 1.165) is 16.3 Å². The molecule has 1 aliphatic rings. The highest BCUT2D eigenvalue weighted by Crippen LogP contribution is 2.29. The second kappa shape index (κ2) is 7.56. The minimum Gasteiger partial charge on any atom is -0.453 e. The Morgan fingerprint density at radius 3 is 2.52 bits per heavy atom. The van der Waals surface area contributed by atoms with Crippen LogP contribution < -0.4 is 10.6 Å². The van der Waals surface area contributed by atoms with Crippen LogP contribution in [0, 0.1) is 0 Å². The lowest BCUT2D eigenvalue weighted by molar-refractivity contribution is 0.187. The SMILES string of the molecule is COC(=O)Nc1nc2c(s1)CN(C(=O)Nc1ccc(C(C)(C)C)cc1)CC2. The van der Waals surface area contributed by atoms with Crippen molar-refractivity contribution in [2.75, 3.05) is 24.3 Å². The number of carbonyl (C=O) groups excluding carboxylic acids is 2. The van der Waals surface area contributed by atoms with E-state index in [0.29, 0.717) is 24.6 Å². The van der Waals surface area contributed by atoms with Gasteiger partial charge >= 0.3 is 12.1 Å². The quantitative estimate of drug-likeness (QED) is 0.807. The van der Waals surface area contributed by atoms with Gasteiger partial charge in [0, 0.05) is 23.5 Å². The lowest BCUT2D eigenvalue weighted by Gasteiger charge is -2.26. The van der Waals surface area contributed by atoms with Crippen LogP contribution in [0.15, 0.2) is 24.3 Å². The first-order valence-corrected chi connectivity index (χ1v) is 9.58. The van der Waals surface area contributed by atoms with Gasteiger partial charge in [-0.3, -0.25) is 5.32 Å². The van der Waals surface area contributed by atoms with Crippen molar-refractivity contribution in [3.05, 3.63) is 40.4 Å². The van der Waals surface area contributed by atoms with Crippen molar-refractivity contribution in [1.82, 2.24) is 9.88 Å². The van der Waals surface area contributed by atoms with E-state index >= 15 is 0 Å². The van der Waals surface area contributed by atoms with Gasteiger partial charge in [0.05, 0.1) is 19.3 Å². The van der Waals surface area contributed by atoms with Gasteiger partial charge in [0.25, 0.3) is 0 Å². The minimum absolute atomic E-state index is 0.0773. The number of ether oxygens (including phenoxy) is 1. The van der Waals surface area contributed by atoms with Crippen LogP contribution in [0.3, 0.4) is 0 Å². The Hall–Kier alpha value is -2.61. The van der Waals surface area contributed by atoms with Crippen LogP contribution in [0.2, 0.25) is 0 Å². The van der Waals surface area contributed by atoms with Gasteiger partial charge in [-0.25, -0.2) is 14.6 Å². The zero-order valence-corrected chi connectivity index (χ0v) is 16.8. The van der Waals surface area contributed by atoms with Crippen LogP contribution in [0.25, 0.3) is 0 Å². The van der Waals surface area contributed by atoms with Crippen LogP contribution >= 0.6 is 11.3 Å². The summed E-state index contributed by atoms with van der Waals surface area (Å²) < 4.78 is 4.58. The molecule has 7 nitrogen and oxygen atoms in total. The van der Waals surface area contributed by atoms with Gasteiger partial charge in [-0.2, -0.15) is 0 Å². The van der Waals surface area contributed by atoms with Crippen LogP contribution in [0.1, 0.15) is 36.9 Å². The minimum atomic E-state index is -0.547. The topological polar surface area (TPSA) is 83.6 Å². The summed E-state index contributed by atoms with van der Waals surface area (Å²) in [6, 6.07) is 7.80. The van der Waals surface area contributed by atoms with Crippen LogP contribution in [-0.2, 0) is 23.1 Å². The number of methoxy groups -OCH3 is 1.